The SMILES string of the molecule is O=C(NCc1ccc2c(c1)OCO2)c1ccc2c(c1)C[C@@H](c1ccccc1)OC2=O. The second kappa shape index (κ2) is 7.55. The van der Waals surface area contributed by atoms with Crippen molar-refractivity contribution < 1.29 is 23.8 Å². The standard InChI is InChI=1S/C24H19NO5/c26-23(25-13-15-6-9-20-22(10-15)29-14-28-20)17-7-8-19-18(11-17)12-21(30-24(19)27)16-4-2-1-3-5-16/h1-11,21H,12-14H2,(H,25,26)/t21-/m0/s1. The average molecular weight is 401 g/mol. The number of hydrogen-bond donors (Lipinski definition) is 1. The molecule has 0 fully saturated rings. The lowest BCUT2D eigenvalue weighted by atomic mass is 9.93. The number of esters is 1. The van der Waals surface area contributed by atoms with Crippen molar-refractivity contribution >= 4 is 11.9 Å². The Morgan fingerprint density at radius 2 is 1.80 bits per heavy atom. The molecule has 0 aliphatic carbocycles. The fraction of sp³-hybridized carbons (Fsp3) is 0.167. The third kappa shape index (κ3) is 3.48. The number of nitrogens with one attached hydrogen (secondary N) is 1. The molecular formula is C24H19NO5. The van der Waals surface area contributed by atoms with E-state index in [1.54, 1.807) is 18.2 Å². The molecule has 3 aromatic rings. The van der Waals surface area contributed by atoms with Crippen molar-refractivity contribution in [3.8, 4) is 11.5 Å². The molecule has 0 unspecified atom stereocenters. The summed E-state index contributed by atoms with van der Waals surface area (Å²) in [6.07, 6.45) is 0.187. The molecule has 1 N–H and O–H groups in total. The van der Waals surface area contributed by atoms with Crippen molar-refractivity contribution in [1.82, 2.24) is 5.32 Å². The molecule has 30 heavy (non-hydrogen) atoms. The van der Waals surface area contributed by atoms with E-state index in [4.69, 9.17) is 14.2 Å². The van der Waals surface area contributed by atoms with Gasteiger partial charge in [0.05, 0.1) is 5.56 Å². The molecule has 2 aliphatic rings. The third-order valence-corrected chi connectivity index (χ3v) is 5.30. The van der Waals surface area contributed by atoms with Crippen molar-refractivity contribution in [2.75, 3.05) is 6.79 Å². The highest BCUT2D eigenvalue weighted by Gasteiger charge is 2.28. The Morgan fingerprint density at radius 1 is 0.967 bits per heavy atom. The van der Waals surface area contributed by atoms with Gasteiger partial charge >= 0.3 is 5.97 Å². The van der Waals surface area contributed by atoms with Crippen molar-refractivity contribution in [2.24, 2.45) is 0 Å². The number of benzene rings is 3. The predicted octanol–water partition coefficient (Wildman–Crippen LogP) is 3.80. The van der Waals surface area contributed by atoms with Crippen LogP contribution in [-0.2, 0) is 17.7 Å². The lowest BCUT2D eigenvalue weighted by Crippen LogP contribution is -2.25. The summed E-state index contributed by atoms with van der Waals surface area (Å²) in [4.78, 5) is 25.1. The summed E-state index contributed by atoms with van der Waals surface area (Å²) in [5, 5.41) is 2.92. The molecule has 1 atom stereocenters. The summed E-state index contributed by atoms with van der Waals surface area (Å²) in [5.74, 6) is 0.823. The fourth-order valence-electron chi connectivity index (χ4n) is 3.73. The van der Waals surface area contributed by atoms with E-state index in [-0.39, 0.29) is 24.8 Å². The highest BCUT2D eigenvalue weighted by molar-refractivity contribution is 5.97. The van der Waals surface area contributed by atoms with Gasteiger partial charge in [-0.2, -0.15) is 0 Å². The van der Waals surface area contributed by atoms with E-state index in [0.717, 1.165) is 16.7 Å². The summed E-state index contributed by atoms with van der Waals surface area (Å²) in [6, 6.07) is 20.3. The van der Waals surface area contributed by atoms with Crippen LogP contribution in [0.25, 0.3) is 0 Å². The normalized spacial score (nSPS) is 16.5. The molecule has 6 heteroatoms. The first kappa shape index (κ1) is 18.2. The maximum atomic E-state index is 12.7. The van der Waals surface area contributed by atoms with E-state index >= 15 is 0 Å². The Kier molecular flexibility index (Phi) is 4.59. The monoisotopic (exact) mass is 401 g/mol. The summed E-state index contributed by atoms with van der Waals surface area (Å²) in [5.41, 5.74) is 3.69. The Hall–Kier alpha value is -3.80. The number of carbonyl (C=O) groups excluding carboxylic acids is 2. The van der Waals surface area contributed by atoms with Gasteiger partial charge in [-0.1, -0.05) is 36.4 Å². The van der Waals surface area contributed by atoms with Crippen LogP contribution in [0.1, 0.15) is 43.5 Å². The second-order valence-corrected chi connectivity index (χ2v) is 7.25. The maximum Gasteiger partial charge on any atom is 0.339 e. The number of ether oxygens (including phenoxy) is 3. The molecule has 3 aromatic carbocycles. The van der Waals surface area contributed by atoms with Crippen molar-refractivity contribution in [3.63, 3.8) is 0 Å². The number of rotatable bonds is 4. The molecule has 0 radical (unpaired) electrons. The van der Waals surface area contributed by atoms with Gasteiger partial charge in [0, 0.05) is 18.5 Å². The van der Waals surface area contributed by atoms with Gasteiger partial charge in [-0.3, -0.25) is 4.79 Å². The molecule has 2 heterocycles. The smallest absolute Gasteiger partial charge is 0.339 e. The van der Waals surface area contributed by atoms with Crippen LogP contribution in [0.5, 0.6) is 11.5 Å². The number of hydrogen-bond acceptors (Lipinski definition) is 5. The number of amides is 1. The van der Waals surface area contributed by atoms with E-state index in [2.05, 4.69) is 5.32 Å². The molecule has 0 bridgehead atoms. The van der Waals surface area contributed by atoms with Gasteiger partial charge in [0.25, 0.3) is 5.91 Å². The Balaban J connectivity index is 1.31. The van der Waals surface area contributed by atoms with Crippen molar-refractivity contribution in [3.05, 3.63) is 94.5 Å². The summed E-state index contributed by atoms with van der Waals surface area (Å²) in [7, 11) is 0. The molecule has 0 saturated heterocycles. The minimum atomic E-state index is -0.363. The topological polar surface area (TPSA) is 73.9 Å². The third-order valence-electron chi connectivity index (χ3n) is 5.30. The van der Waals surface area contributed by atoms with Gasteiger partial charge in [-0.05, 0) is 47.0 Å². The van der Waals surface area contributed by atoms with Crippen molar-refractivity contribution in [1.29, 1.82) is 0 Å². The lowest BCUT2D eigenvalue weighted by molar-refractivity contribution is 0.0252. The highest BCUT2D eigenvalue weighted by Crippen LogP contribution is 2.33. The molecule has 5 rings (SSSR count). The molecule has 6 nitrogen and oxygen atoms in total. The zero-order valence-corrected chi connectivity index (χ0v) is 16.1. The molecular weight excluding hydrogens is 382 g/mol. The van der Waals surface area contributed by atoms with Crippen LogP contribution >= 0.6 is 0 Å². The van der Waals surface area contributed by atoms with Crippen LogP contribution in [0, 0.1) is 0 Å². The van der Waals surface area contributed by atoms with Gasteiger partial charge in [0.15, 0.2) is 11.5 Å². The van der Waals surface area contributed by atoms with Crippen LogP contribution in [-0.4, -0.2) is 18.7 Å². The minimum absolute atomic E-state index is 0.203. The van der Waals surface area contributed by atoms with Gasteiger partial charge in [0.2, 0.25) is 6.79 Å². The number of cyclic esters (lactones) is 1. The van der Waals surface area contributed by atoms with Crippen LogP contribution in [0.4, 0.5) is 0 Å². The molecule has 150 valence electrons. The summed E-state index contributed by atoms with van der Waals surface area (Å²) in [6.45, 7) is 0.577. The van der Waals surface area contributed by atoms with Gasteiger partial charge in [-0.25, -0.2) is 4.79 Å². The predicted molar refractivity (Wildman–Crippen MR) is 108 cm³/mol. The lowest BCUT2D eigenvalue weighted by Gasteiger charge is -2.25. The Labute approximate surface area is 173 Å². The Bertz CT molecular complexity index is 1130. The van der Waals surface area contributed by atoms with Crippen LogP contribution in [0.2, 0.25) is 0 Å². The molecule has 0 saturated carbocycles. The zero-order chi connectivity index (χ0) is 20.5. The second-order valence-electron chi connectivity index (χ2n) is 7.25. The Morgan fingerprint density at radius 3 is 2.67 bits per heavy atom. The van der Waals surface area contributed by atoms with Gasteiger partial charge in [-0.15, -0.1) is 0 Å². The van der Waals surface area contributed by atoms with E-state index < -0.39 is 0 Å². The molecule has 0 aromatic heterocycles. The largest absolute Gasteiger partial charge is 0.454 e. The van der Waals surface area contributed by atoms with Crippen LogP contribution < -0.4 is 14.8 Å². The van der Waals surface area contributed by atoms with E-state index in [9.17, 15) is 9.59 Å². The fourth-order valence-corrected chi connectivity index (χ4v) is 3.73. The van der Waals surface area contributed by atoms with Crippen LogP contribution in [0.15, 0.2) is 66.7 Å². The first-order valence-electron chi connectivity index (χ1n) is 9.73. The number of carbonyl (C=O) groups is 2. The molecule has 1 amide bonds. The maximum absolute atomic E-state index is 12.7. The first-order chi connectivity index (χ1) is 14.7. The quantitative estimate of drug-likeness (QED) is 0.673. The van der Waals surface area contributed by atoms with Crippen LogP contribution in [0.3, 0.4) is 0 Å². The van der Waals surface area contributed by atoms with Gasteiger partial charge < -0.3 is 19.5 Å². The van der Waals surface area contributed by atoms with E-state index in [0.29, 0.717) is 35.6 Å². The number of fused-ring (bicyclic) bond motifs is 2. The molecule has 2 aliphatic heterocycles. The first-order valence-corrected chi connectivity index (χ1v) is 9.73. The summed E-state index contributed by atoms with van der Waals surface area (Å²) < 4.78 is 16.3. The molecule has 0 spiro atoms. The average Bonchev–Trinajstić information content (AvgIpc) is 3.25. The van der Waals surface area contributed by atoms with E-state index in [1.807, 2.05) is 48.5 Å². The zero-order valence-electron chi connectivity index (χ0n) is 16.1. The summed E-state index contributed by atoms with van der Waals surface area (Å²) >= 11 is 0. The highest BCUT2D eigenvalue weighted by atomic mass is 16.7. The minimum Gasteiger partial charge on any atom is -0.454 e. The van der Waals surface area contributed by atoms with E-state index in [1.165, 1.54) is 0 Å². The van der Waals surface area contributed by atoms with Gasteiger partial charge in [0.1, 0.15) is 6.10 Å². The van der Waals surface area contributed by atoms with Crippen molar-refractivity contribution in [2.45, 2.75) is 19.1 Å².